The zero-order valence-corrected chi connectivity index (χ0v) is 14.6. The van der Waals surface area contributed by atoms with Gasteiger partial charge in [0.25, 0.3) is 11.8 Å². The van der Waals surface area contributed by atoms with Crippen molar-refractivity contribution < 1.29 is 29.0 Å². The van der Waals surface area contributed by atoms with E-state index in [1.165, 1.54) is 4.90 Å². The molecule has 8 heteroatoms. The van der Waals surface area contributed by atoms with Crippen LogP contribution in [0.15, 0.2) is 11.3 Å². The molecule has 1 aliphatic heterocycles. The first kappa shape index (κ1) is 19.7. The van der Waals surface area contributed by atoms with E-state index in [1.807, 2.05) is 0 Å². The second kappa shape index (κ2) is 7.02. The van der Waals surface area contributed by atoms with Gasteiger partial charge in [-0.05, 0) is 34.6 Å². The molecular weight excluding hydrogens is 316 g/mol. The number of hydrogen-bond donors (Lipinski definition) is 2. The van der Waals surface area contributed by atoms with E-state index < -0.39 is 41.0 Å². The first-order valence-electron chi connectivity index (χ1n) is 7.57. The molecule has 1 rings (SSSR count). The molecule has 0 fully saturated rings. The number of esters is 1. The molecule has 0 aliphatic carbocycles. The molecule has 1 heterocycles. The first-order chi connectivity index (χ1) is 10.9. The Kier molecular flexibility index (Phi) is 5.75. The van der Waals surface area contributed by atoms with E-state index in [1.54, 1.807) is 34.6 Å². The third kappa shape index (κ3) is 4.81. The van der Waals surface area contributed by atoms with E-state index in [0.29, 0.717) is 6.29 Å². The van der Waals surface area contributed by atoms with Crippen LogP contribution in [-0.4, -0.2) is 58.3 Å². The van der Waals surface area contributed by atoms with E-state index in [4.69, 9.17) is 4.74 Å². The second-order valence-electron chi connectivity index (χ2n) is 7.16. The van der Waals surface area contributed by atoms with E-state index in [9.17, 15) is 24.3 Å². The minimum atomic E-state index is -0.880. The molecule has 0 aromatic rings. The molecule has 0 bridgehead atoms. The highest BCUT2D eigenvalue weighted by Gasteiger charge is 2.42. The summed E-state index contributed by atoms with van der Waals surface area (Å²) in [4.78, 5) is 48.2. The highest BCUT2D eigenvalue weighted by molar-refractivity contribution is 6.20. The van der Waals surface area contributed by atoms with Crippen LogP contribution in [0, 0.1) is 0 Å². The zero-order chi connectivity index (χ0) is 18.7. The van der Waals surface area contributed by atoms with Crippen molar-refractivity contribution in [2.24, 2.45) is 0 Å². The highest BCUT2D eigenvalue weighted by Crippen LogP contribution is 2.30. The number of amides is 2. The van der Waals surface area contributed by atoms with Crippen LogP contribution in [0.25, 0.3) is 0 Å². The number of nitrogens with one attached hydrogen (secondary N) is 1. The van der Waals surface area contributed by atoms with Crippen LogP contribution in [0.5, 0.6) is 0 Å². The Morgan fingerprint density at radius 2 is 1.96 bits per heavy atom. The molecule has 0 unspecified atom stereocenters. The number of aliphatic hydroxyl groups is 1. The fraction of sp³-hybridized carbons (Fsp3) is 0.625. The summed E-state index contributed by atoms with van der Waals surface area (Å²) in [5, 5.41) is 12.3. The van der Waals surface area contributed by atoms with Gasteiger partial charge in [-0.1, -0.05) is 0 Å². The van der Waals surface area contributed by atoms with Gasteiger partial charge in [0.1, 0.15) is 29.8 Å². The van der Waals surface area contributed by atoms with Crippen molar-refractivity contribution in [1.82, 2.24) is 10.2 Å². The van der Waals surface area contributed by atoms with Crippen LogP contribution >= 0.6 is 0 Å². The van der Waals surface area contributed by atoms with Gasteiger partial charge >= 0.3 is 5.97 Å². The largest absolute Gasteiger partial charge is 0.511 e. The summed E-state index contributed by atoms with van der Waals surface area (Å²) in [5.41, 5.74) is -1.95. The third-order valence-corrected chi connectivity index (χ3v) is 3.38. The van der Waals surface area contributed by atoms with Gasteiger partial charge in [0.15, 0.2) is 0 Å². The minimum Gasteiger partial charge on any atom is -0.511 e. The number of nitrogens with zero attached hydrogens (tertiary/aromatic N) is 1. The molecule has 0 saturated carbocycles. The molecule has 134 valence electrons. The summed E-state index contributed by atoms with van der Waals surface area (Å²) in [7, 11) is 0. The van der Waals surface area contributed by atoms with Crippen molar-refractivity contribution in [2.45, 2.75) is 52.2 Å². The Labute approximate surface area is 140 Å². The van der Waals surface area contributed by atoms with E-state index >= 15 is 0 Å². The Balaban J connectivity index is 2.87. The number of aldehydes is 1. The fourth-order valence-electron chi connectivity index (χ4n) is 2.38. The van der Waals surface area contributed by atoms with Crippen molar-refractivity contribution in [2.75, 3.05) is 13.1 Å². The summed E-state index contributed by atoms with van der Waals surface area (Å²) >= 11 is 0. The lowest BCUT2D eigenvalue weighted by Crippen LogP contribution is -2.54. The van der Waals surface area contributed by atoms with Gasteiger partial charge in [0.05, 0.1) is 6.54 Å². The van der Waals surface area contributed by atoms with Crippen molar-refractivity contribution in [3.05, 3.63) is 11.3 Å². The lowest BCUT2D eigenvalue weighted by atomic mass is 9.89. The number of rotatable bonds is 5. The molecule has 0 atom stereocenters. The average molecular weight is 340 g/mol. The lowest BCUT2D eigenvalue weighted by Gasteiger charge is -2.41. The summed E-state index contributed by atoms with van der Waals surface area (Å²) in [5.74, 6) is -2.66. The number of carbonyl (C=O) groups is 4. The zero-order valence-electron chi connectivity index (χ0n) is 14.6. The maximum absolute atomic E-state index is 12.4. The van der Waals surface area contributed by atoms with Crippen LogP contribution in [0.1, 0.15) is 41.0 Å². The monoisotopic (exact) mass is 340 g/mol. The fourth-order valence-corrected chi connectivity index (χ4v) is 2.38. The molecule has 0 aromatic carbocycles. The predicted molar refractivity (Wildman–Crippen MR) is 85.0 cm³/mol. The molecule has 0 aromatic heterocycles. The van der Waals surface area contributed by atoms with Crippen LogP contribution < -0.4 is 5.32 Å². The predicted octanol–water partition coefficient (Wildman–Crippen LogP) is 0.466. The molecule has 8 nitrogen and oxygen atoms in total. The smallest absolute Gasteiger partial charge is 0.325 e. The lowest BCUT2D eigenvalue weighted by molar-refractivity contribution is -0.154. The standard InChI is InChI=1S/C16H24N2O6/c1-15(2,3)24-11(21)9-17-13(22)12-10(20)8-16(4,5)18(6-7-19)14(12)23/h7,20H,6,8-9H2,1-5H3,(H,17,22). The van der Waals surface area contributed by atoms with E-state index in [0.717, 1.165) is 0 Å². The molecule has 1 aliphatic rings. The quantitative estimate of drug-likeness (QED) is 0.427. The molecule has 24 heavy (non-hydrogen) atoms. The molecule has 2 amide bonds. The first-order valence-corrected chi connectivity index (χ1v) is 7.57. The molecule has 0 radical (unpaired) electrons. The Morgan fingerprint density at radius 3 is 2.46 bits per heavy atom. The maximum atomic E-state index is 12.4. The number of carbonyl (C=O) groups excluding carboxylic acids is 4. The topological polar surface area (TPSA) is 113 Å². The van der Waals surface area contributed by atoms with Gasteiger partial charge in [-0.3, -0.25) is 14.4 Å². The molecular formula is C16H24N2O6. The minimum absolute atomic E-state index is 0.0295. The van der Waals surface area contributed by atoms with Crippen LogP contribution in [0.4, 0.5) is 0 Å². The average Bonchev–Trinajstić information content (AvgIpc) is 2.38. The Hall–Kier alpha value is -2.38. The van der Waals surface area contributed by atoms with Gasteiger partial charge in [0.2, 0.25) is 0 Å². The summed E-state index contributed by atoms with van der Waals surface area (Å²) in [6.45, 7) is 7.79. The Bertz CT molecular complexity index is 586. The van der Waals surface area contributed by atoms with Crippen molar-refractivity contribution >= 4 is 24.1 Å². The third-order valence-electron chi connectivity index (χ3n) is 3.38. The molecule has 2 N–H and O–H groups in total. The van der Waals surface area contributed by atoms with Crippen LogP contribution in [0.2, 0.25) is 0 Å². The van der Waals surface area contributed by atoms with Crippen molar-refractivity contribution in [3.63, 3.8) is 0 Å². The summed E-state index contributed by atoms with van der Waals surface area (Å²) < 4.78 is 5.05. The number of ether oxygens (including phenoxy) is 1. The van der Waals surface area contributed by atoms with Gasteiger partial charge in [-0.2, -0.15) is 0 Å². The van der Waals surface area contributed by atoms with Gasteiger partial charge < -0.3 is 24.9 Å². The second-order valence-corrected chi connectivity index (χ2v) is 7.16. The molecule has 0 spiro atoms. The van der Waals surface area contributed by atoms with Crippen LogP contribution in [0.3, 0.4) is 0 Å². The van der Waals surface area contributed by atoms with Crippen molar-refractivity contribution in [3.8, 4) is 0 Å². The SMILES string of the molecule is CC(C)(C)OC(=O)CNC(=O)C1=C(O)CC(C)(C)N(CC=O)C1=O. The van der Waals surface area contributed by atoms with Gasteiger partial charge in [-0.25, -0.2) is 0 Å². The van der Waals surface area contributed by atoms with Crippen molar-refractivity contribution in [1.29, 1.82) is 0 Å². The van der Waals surface area contributed by atoms with Crippen LogP contribution in [-0.2, 0) is 23.9 Å². The van der Waals surface area contributed by atoms with E-state index in [2.05, 4.69) is 5.32 Å². The highest BCUT2D eigenvalue weighted by atomic mass is 16.6. The van der Waals surface area contributed by atoms with E-state index in [-0.39, 0.29) is 18.7 Å². The summed E-state index contributed by atoms with van der Waals surface area (Å²) in [6.07, 6.45) is 0.583. The Morgan fingerprint density at radius 1 is 1.38 bits per heavy atom. The van der Waals surface area contributed by atoms with Gasteiger partial charge in [0, 0.05) is 12.0 Å². The number of hydrogen-bond acceptors (Lipinski definition) is 6. The van der Waals surface area contributed by atoms with Gasteiger partial charge in [-0.15, -0.1) is 0 Å². The normalized spacial score (nSPS) is 17.5. The molecule has 0 saturated heterocycles. The summed E-state index contributed by atoms with van der Waals surface area (Å²) in [6, 6.07) is 0. The maximum Gasteiger partial charge on any atom is 0.325 e. The number of aliphatic hydroxyl groups excluding tert-OH is 1.